The summed E-state index contributed by atoms with van der Waals surface area (Å²) in [6, 6.07) is 12.3. The van der Waals surface area contributed by atoms with Gasteiger partial charge in [0.25, 0.3) is 0 Å². The predicted octanol–water partition coefficient (Wildman–Crippen LogP) is 5.74. The standard InChI is InChI=1S/C26H28FN3/c1-3-17-14-21-19(13-20-4-5-23-22(25(20)27)12-16(2)30-23)7-11-29-24(21)15-18(17)6-8-26(28)9-10-26/h4-5,7,11-12,14-15,30H,3,6,8-10,13,28H2,1-2H3. The number of pyridine rings is 1. The monoisotopic (exact) mass is 401 g/mol. The molecule has 154 valence electrons. The first-order valence-electron chi connectivity index (χ1n) is 10.9. The molecule has 3 N–H and O–H groups in total. The Morgan fingerprint density at radius 1 is 1.03 bits per heavy atom. The van der Waals surface area contributed by atoms with Gasteiger partial charge in [-0.3, -0.25) is 4.98 Å². The van der Waals surface area contributed by atoms with Crippen LogP contribution in [0.15, 0.2) is 42.6 Å². The zero-order valence-electron chi connectivity index (χ0n) is 17.7. The average molecular weight is 402 g/mol. The number of hydrogen-bond acceptors (Lipinski definition) is 2. The van der Waals surface area contributed by atoms with E-state index < -0.39 is 0 Å². The van der Waals surface area contributed by atoms with Gasteiger partial charge in [0, 0.05) is 40.1 Å². The Bertz CT molecular complexity index is 1250. The molecule has 2 heterocycles. The minimum atomic E-state index is -0.133. The highest BCUT2D eigenvalue weighted by Gasteiger charge is 2.37. The molecular formula is C26H28FN3. The van der Waals surface area contributed by atoms with E-state index in [1.807, 2.05) is 37.4 Å². The molecule has 3 nitrogen and oxygen atoms in total. The number of benzene rings is 2. The molecule has 1 saturated carbocycles. The average Bonchev–Trinajstić information content (AvgIpc) is 3.35. The van der Waals surface area contributed by atoms with Gasteiger partial charge in [-0.15, -0.1) is 0 Å². The van der Waals surface area contributed by atoms with Crippen molar-refractivity contribution >= 4 is 21.8 Å². The van der Waals surface area contributed by atoms with Gasteiger partial charge in [-0.25, -0.2) is 4.39 Å². The molecule has 5 rings (SSSR count). The molecule has 4 aromatic rings. The van der Waals surface area contributed by atoms with E-state index in [0.717, 1.165) is 65.3 Å². The number of halogens is 1. The highest BCUT2D eigenvalue weighted by atomic mass is 19.1. The molecule has 0 unspecified atom stereocenters. The van der Waals surface area contributed by atoms with Crippen molar-refractivity contribution in [1.82, 2.24) is 9.97 Å². The second-order valence-corrected chi connectivity index (χ2v) is 8.95. The van der Waals surface area contributed by atoms with Gasteiger partial charge in [0.2, 0.25) is 0 Å². The molecule has 4 heteroatoms. The summed E-state index contributed by atoms with van der Waals surface area (Å²) in [5.74, 6) is -0.133. The van der Waals surface area contributed by atoms with Gasteiger partial charge in [-0.1, -0.05) is 13.0 Å². The summed E-state index contributed by atoms with van der Waals surface area (Å²) >= 11 is 0. The summed E-state index contributed by atoms with van der Waals surface area (Å²) in [5.41, 5.74) is 13.7. The summed E-state index contributed by atoms with van der Waals surface area (Å²) in [5, 5.41) is 1.78. The van der Waals surface area contributed by atoms with Gasteiger partial charge in [0.15, 0.2) is 0 Å². The van der Waals surface area contributed by atoms with Crippen LogP contribution in [0, 0.1) is 12.7 Å². The molecule has 0 atom stereocenters. The fraction of sp³-hybridized carbons (Fsp3) is 0.346. The highest BCUT2D eigenvalue weighted by molar-refractivity contribution is 5.85. The number of hydrogen-bond donors (Lipinski definition) is 2. The van der Waals surface area contributed by atoms with Crippen molar-refractivity contribution in [1.29, 1.82) is 0 Å². The number of aryl methyl sites for hydroxylation is 3. The number of rotatable bonds is 6. The number of aromatic amines is 1. The molecule has 0 radical (unpaired) electrons. The van der Waals surface area contributed by atoms with Gasteiger partial charge in [-0.2, -0.15) is 0 Å². The van der Waals surface area contributed by atoms with Crippen LogP contribution in [0.4, 0.5) is 4.39 Å². The van der Waals surface area contributed by atoms with E-state index in [1.54, 1.807) is 0 Å². The van der Waals surface area contributed by atoms with Crippen molar-refractivity contribution in [2.24, 2.45) is 5.73 Å². The molecule has 1 fully saturated rings. The van der Waals surface area contributed by atoms with Gasteiger partial charge in [0.1, 0.15) is 5.82 Å². The molecule has 2 aromatic heterocycles. The molecule has 0 spiro atoms. The third kappa shape index (κ3) is 3.50. The van der Waals surface area contributed by atoms with E-state index in [1.165, 1.54) is 11.1 Å². The molecule has 2 aromatic carbocycles. The van der Waals surface area contributed by atoms with Gasteiger partial charge in [-0.05, 0) is 91.6 Å². The molecule has 30 heavy (non-hydrogen) atoms. The number of nitrogens with zero attached hydrogens (tertiary/aromatic N) is 1. The second-order valence-electron chi connectivity index (χ2n) is 8.95. The normalized spacial score (nSPS) is 15.2. The summed E-state index contributed by atoms with van der Waals surface area (Å²) in [7, 11) is 0. The van der Waals surface area contributed by atoms with E-state index >= 15 is 4.39 Å². The molecule has 0 aliphatic heterocycles. The van der Waals surface area contributed by atoms with Crippen LogP contribution in [0.3, 0.4) is 0 Å². The minimum Gasteiger partial charge on any atom is -0.359 e. The topological polar surface area (TPSA) is 54.7 Å². The molecule has 0 saturated heterocycles. The Morgan fingerprint density at radius 2 is 1.87 bits per heavy atom. The maximum atomic E-state index is 15.1. The minimum absolute atomic E-state index is 0.0575. The smallest absolute Gasteiger partial charge is 0.136 e. The van der Waals surface area contributed by atoms with Gasteiger partial charge < -0.3 is 10.7 Å². The summed E-state index contributed by atoms with van der Waals surface area (Å²) in [4.78, 5) is 7.83. The third-order valence-electron chi connectivity index (χ3n) is 6.65. The van der Waals surface area contributed by atoms with E-state index in [-0.39, 0.29) is 11.4 Å². The molecule has 0 bridgehead atoms. The Labute approximate surface area is 176 Å². The number of H-pyrrole nitrogens is 1. The fourth-order valence-electron chi connectivity index (χ4n) is 4.54. The maximum Gasteiger partial charge on any atom is 0.136 e. The second kappa shape index (κ2) is 7.21. The van der Waals surface area contributed by atoms with Crippen LogP contribution in [0.2, 0.25) is 0 Å². The van der Waals surface area contributed by atoms with Crippen molar-refractivity contribution in [2.75, 3.05) is 0 Å². The maximum absolute atomic E-state index is 15.1. The third-order valence-corrected chi connectivity index (χ3v) is 6.65. The first-order valence-corrected chi connectivity index (χ1v) is 10.9. The van der Waals surface area contributed by atoms with Crippen molar-refractivity contribution in [3.8, 4) is 0 Å². The van der Waals surface area contributed by atoms with E-state index in [0.29, 0.717) is 11.8 Å². The first kappa shape index (κ1) is 19.3. The van der Waals surface area contributed by atoms with Crippen LogP contribution in [-0.4, -0.2) is 15.5 Å². The van der Waals surface area contributed by atoms with Crippen LogP contribution in [0.5, 0.6) is 0 Å². The first-order chi connectivity index (χ1) is 14.5. The van der Waals surface area contributed by atoms with Crippen molar-refractivity contribution in [2.45, 2.75) is 57.9 Å². The SMILES string of the molecule is CCc1cc2c(Cc3ccc4[nH]c(C)cc4c3F)ccnc2cc1CCC1(N)CC1. The summed E-state index contributed by atoms with van der Waals surface area (Å²) in [6.07, 6.45) is 7.68. The van der Waals surface area contributed by atoms with Crippen LogP contribution in [-0.2, 0) is 19.3 Å². The molecule has 0 amide bonds. The van der Waals surface area contributed by atoms with Crippen LogP contribution in [0.25, 0.3) is 21.8 Å². The van der Waals surface area contributed by atoms with E-state index in [2.05, 4.69) is 29.0 Å². The van der Waals surface area contributed by atoms with Crippen molar-refractivity contribution in [3.05, 3.63) is 76.4 Å². The summed E-state index contributed by atoms with van der Waals surface area (Å²) in [6.45, 7) is 4.15. The zero-order valence-corrected chi connectivity index (χ0v) is 17.7. The fourth-order valence-corrected chi connectivity index (χ4v) is 4.54. The van der Waals surface area contributed by atoms with Crippen molar-refractivity contribution in [3.63, 3.8) is 0 Å². The zero-order chi connectivity index (χ0) is 20.9. The lowest BCUT2D eigenvalue weighted by atomic mass is 9.93. The predicted molar refractivity (Wildman–Crippen MR) is 121 cm³/mol. The molecular weight excluding hydrogens is 373 g/mol. The number of fused-ring (bicyclic) bond motifs is 2. The Hall–Kier alpha value is -2.72. The number of aromatic nitrogens is 2. The number of nitrogens with two attached hydrogens (primary N) is 1. The quantitative estimate of drug-likeness (QED) is 0.433. The Kier molecular flexibility index (Phi) is 4.62. The Morgan fingerprint density at radius 3 is 2.63 bits per heavy atom. The molecule has 1 aliphatic rings. The lowest BCUT2D eigenvalue weighted by Crippen LogP contribution is -2.22. The Balaban J connectivity index is 1.52. The lowest BCUT2D eigenvalue weighted by molar-refractivity contribution is 0.607. The van der Waals surface area contributed by atoms with Crippen LogP contribution < -0.4 is 5.73 Å². The van der Waals surface area contributed by atoms with Crippen LogP contribution >= 0.6 is 0 Å². The van der Waals surface area contributed by atoms with E-state index in [4.69, 9.17) is 5.73 Å². The molecule has 1 aliphatic carbocycles. The highest BCUT2D eigenvalue weighted by Crippen LogP contribution is 2.37. The summed E-state index contributed by atoms with van der Waals surface area (Å²) < 4.78 is 15.1. The van der Waals surface area contributed by atoms with E-state index in [9.17, 15) is 0 Å². The van der Waals surface area contributed by atoms with Crippen LogP contribution in [0.1, 0.15) is 54.1 Å². The lowest BCUT2D eigenvalue weighted by Gasteiger charge is -2.15. The largest absolute Gasteiger partial charge is 0.359 e. The van der Waals surface area contributed by atoms with Gasteiger partial charge in [0.05, 0.1) is 5.52 Å². The van der Waals surface area contributed by atoms with Gasteiger partial charge >= 0.3 is 0 Å². The van der Waals surface area contributed by atoms with Crippen molar-refractivity contribution < 1.29 is 4.39 Å². The number of nitrogens with one attached hydrogen (secondary N) is 1.